The molecule has 0 saturated heterocycles. The summed E-state index contributed by atoms with van der Waals surface area (Å²) in [5, 5.41) is 1.48. The molecule has 0 aliphatic carbocycles. The fraction of sp³-hybridized carbons (Fsp3) is 0. The van der Waals surface area contributed by atoms with Crippen LogP contribution in [-0.4, -0.2) is 4.98 Å². The van der Waals surface area contributed by atoms with Crippen molar-refractivity contribution in [2.75, 3.05) is 0 Å². The van der Waals surface area contributed by atoms with Crippen molar-refractivity contribution in [2.24, 2.45) is 0 Å². The van der Waals surface area contributed by atoms with E-state index >= 15 is 0 Å². The lowest BCUT2D eigenvalue weighted by Gasteiger charge is -1.81. The van der Waals surface area contributed by atoms with Crippen LogP contribution in [0.1, 0.15) is 0 Å². The third kappa shape index (κ3) is 0.572. The molecule has 1 N–H and O–H groups in total. The zero-order chi connectivity index (χ0) is 6.97. The molecule has 2 rings (SSSR count). The summed E-state index contributed by atoms with van der Waals surface area (Å²) in [6.45, 7) is 0. The summed E-state index contributed by atoms with van der Waals surface area (Å²) in [7, 11) is 0. The van der Waals surface area contributed by atoms with Crippen molar-refractivity contribution in [1.82, 2.24) is 4.98 Å². The molecule has 0 aliphatic heterocycles. The van der Waals surface area contributed by atoms with Crippen molar-refractivity contribution in [2.45, 2.75) is 0 Å². The molecule has 0 aliphatic rings. The van der Waals surface area contributed by atoms with E-state index in [-0.39, 0.29) is 5.63 Å². The molecule has 2 heterocycles. The van der Waals surface area contributed by atoms with Gasteiger partial charge in [0.05, 0.1) is 11.6 Å². The Morgan fingerprint density at radius 3 is 3.10 bits per heavy atom. The lowest BCUT2D eigenvalue weighted by molar-refractivity contribution is 0.519. The van der Waals surface area contributed by atoms with E-state index in [1.165, 1.54) is 6.26 Å². The molecular formula is C7H5NO2. The van der Waals surface area contributed by atoms with Gasteiger partial charge in [-0.1, -0.05) is 0 Å². The molecule has 0 spiro atoms. The number of aromatic nitrogens is 1. The van der Waals surface area contributed by atoms with Crippen LogP contribution in [0.25, 0.3) is 10.8 Å². The lowest BCUT2D eigenvalue weighted by Crippen LogP contribution is -1.94. The van der Waals surface area contributed by atoms with Crippen molar-refractivity contribution in [3.63, 3.8) is 0 Å². The van der Waals surface area contributed by atoms with E-state index in [1.807, 2.05) is 0 Å². The molecule has 0 radical (unpaired) electrons. The van der Waals surface area contributed by atoms with E-state index in [4.69, 9.17) is 0 Å². The summed E-state index contributed by atoms with van der Waals surface area (Å²) in [6.07, 6.45) is 4.77. The van der Waals surface area contributed by atoms with Crippen molar-refractivity contribution in [1.29, 1.82) is 0 Å². The Labute approximate surface area is 56.3 Å². The monoisotopic (exact) mass is 135 g/mol. The maximum Gasteiger partial charge on any atom is 0.345 e. The van der Waals surface area contributed by atoms with E-state index in [1.54, 1.807) is 18.5 Å². The van der Waals surface area contributed by atoms with Crippen molar-refractivity contribution < 1.29 is 4.42 Å². The molecule has 0 amide bonds. The molecular weight excluding hydrogens is 130 g/mol. The molecule has 0 bridgehead atoms. The van der Waals surface area contributed by atoms with Crippen molar-refractivity contribution in [3.8, 4) is 0 Å². The molecule has 0 aromatic carbocycles. The van der Waals surface area contributed by atoms with Gasteiger partial charge in [0.2, 0.25) is 0 Å². The highest BCUT2D eigenvalue weighted by molar-refractivity contribution is 5.79. The standard InChI is InChI=1S/C7H5NO2/c9-7-6-4-8-3-5(6)1-2-10-7/h1-4,8H. The topological polar surface area (TPSA) is 46.0 Å². The van der Waals surface area contributed by atoms with Crippen LogP contribution in [0, 0.1) is 0 Å². The van der Waals surface area contributed by atoms with Gasteiger partial charge >= 0.3 is 5.63 Å². The molecule has 0 atom stereocenters. The van der Waals surface area contributed by atoms with Crippen molar-refractivity contribution >= 4 is 10.8 Å². The predicted molar refractivity (Wildman–Crippen MR) is 36.8 cm³/mol. The lowest BCUT2D eigenvalue weighted by atomic mass is 10.3. The van der Waals surface area contributed by atoms with E-state index in [0.717, 1.165) is 5.39 Å². The molecule has 0 fully saturated rings. The van der Waals surface area contributed by atoms with Gasteiger partial charge in [0, 0.05) is 17.8 Å². The largest absolute Gasteiger partial charge is 0.431 e. The summed E-state index contributed by atoms with van der Waals surface area (Å²) in [5.41, 5.74) is -0.293. The number of fused-ring (bicyclic) bond motifs is 1. The Balaban J connectivity index is 3.09. The van der Waals surface area contributed by atoms with E-state index in [2.05, 4.69) is 9.40 Å². The quantitative estimate of drug-likeness (QED) is 0.588. The molecule has 10 heavy (non-hydrogen) atoms. The second-order valence-electron chi connectivity index (χ2n) is 2.03. The average molecular weight is 135 g/mol. The minimum atomic E-state index is -0.293. The molecule has 0 saturated carbocycles. The number of aromatic amines is 1. The first-order valence-corrected chi connectivity index (χ1v) is 2.92. The summed E-state index contributed by atoms with van der Waals surface area (Å²) in [6, 6.07) is 1.74. The first-order valence-electron chi connectivity index (χ1n) is 2.92. The molecule has 3 heteroatoms. The number of hydrogen-bond donors (Lipinski definition) is 1. The molecule has 2 aromatic rings. The van der Waals surface area contributed by atoms with Gasteiger partial charge in [-0.25, -0.2) is 4.79 Å². The fourth-order valence-electron chi connectivity index (χ4n) is 0.923. The van der Waals surface area contributed by atoms with E-state index < -0.39 is 0 Å². The van der Waals surface area contributed by atoms with Crippen LogP contribution in [0.4, 0.5) is 0 Å². The van der Waals surface area contributed by atoms with Crippen LogP contribution in [-0.2, 0) is 0 Å². The number of nitrogens with one attached hydrogen (secondary N) is 1. The number of hydrogen-bond acceptors (Lipinski definition) is 2. The Kier molecular flexibility index (Phi) is 0.917. The Morgan fingerprint density at radius 1 is 1.40 bits per heavy atom. The molecule has 2 aromatic heterocycles. The summed E-state index contributed by atoms with van der Waals surface area (Å²) in [4.78, 5) is 13.7. The van der Waals surface area contributed by atoms with Crippen molar-refractivity contribution in [3.05, 3.63) is 35.1 Å². The van der Waals surface area contributed by atoms with E-state index in [9.17, 15) is 4.79 Å². The first kappa shape index (κ1) is 5.29. The van der Waals surface area contributed by atoms with Crippen LogP contribution < -0.4 is 5.63 Å². The van der Waals surface area contributed by atoms with Crippen LogP contribution in [0.5, 0.6) is 0 Å². The van der Waals surface area contributed by atoms with Gasteiger partial charge in [-0.3, -0.25) is 0 Å². The highest BCUT2D eigenvalue weighted by atomic mass is 16.4. The number of rotatable bonds is 0. The van der Waals surface area contributed by atoms with Gasteiger partial charge in [0.25, 0.3) is 0 Å². The summed E-state index contributed by atoms with van der Waals surface area (Å²) < 4.78 is 4.62. The second-order valence-corrected chi connectivity index (χ2v) is 2.03. The molecule has 0 unspecified atom stereocenters. The summed E-state index contributed by atoms with van der Waals surface area (Å²) in [5.74, 6) is 0. The van der Waals surface area contributed by atoms with Gasteiger partial charge in [-0.2, -0.15) is 0 Å². The zero-order valence-corrected chi connectivity index (χ0v) is 5.13. The minimum absolute atomic E-state index is 0.293. The zero-order valence-electron chi connectivity index (χ0n) is 5.13. The Morgan fingerprint density at radius 2 is 2.30 bits per heavy atom. The van der Waals surface area contributed by atoms with Gasteiger partial charge in [0.1, 0.15) is 0 Å². The first-order chi connectivity index (χ1) is 4.88. The highest BCUT2D eigenvalue weighted by Crippen LogP contribution is 2.05. The smallest absolute Gasteiger partial charge is 0.345 e. The van der Waals surface area contributed by atoms with Gasteiger partial charge < -0.3 is 9.40 Å². The average Bonchev–Trinajstić information content (AvgIpc) is 2.36. The summed E-state index contributed by atoms with van der Waals surface area (Å²) >= 11 is 0. The Bertz CT molecular complexity index is 399. The van der Waals surface area contributed by atoms with Gasteiger partial charge in [-0.05, 0) is 6.07 Å². The maximum atomic E-state index is 10.9. The SMILES string of the molecule is O=c1occc2c[nH]cc12. The third-order valence-electron chi connectivity index (χ3n) is 1.42. The van der Waals surface area contributed by atoms with Gasteiger partial charge in [-0.15, -0.1) is 0 Å². The highest BCUT2D eigenvalue weighted by Gasteiger charge is 1.96. The second kappa shape index (κ2) is 1.73. The van der Waals surface area contributed by atoms with Crippen LogP contribution in [0.2, 0.25) is 0 Å². The van der Waals surface area contributed by atoms with Crippen LogP contribution >= 0.6 is 0 Å². The normalized spacial score (nSPS) is 10.4. The Hall–Kier alpha value is -1.51. The number of H-pyrrole nitrogens is 1. The van der Waals surface area contributed by atoms with Gasteiger partial charge in [0.15, 0.2) is 0 Å². The van der Waals surface area contributed by atoms with Crippen LogP contribution in [0.3, 0.4) is 0 Å². The fourth-order valence-corrected chi connectivity index (χ4v) is 0.923. The molecule has 3 nitrogen and oxygen atoms in total. The minimum Gasteiger partial charge on any atom is -0.431 e. The third-order valence-corrected chi connectivity index (χ3v) is 1.42. The maximum absolute atomic E-state index is 10.9. The molecule has 50 valence electrons. The van der Waals surface area contributed by atoms with E-state index in [0.29, 0.717) is 5.39 Å². The predicted octanol–water partition coefficient (Wildman–Crippen LogP) is 1.12. The van der Waals surface area contributed by atoms with Crippen LogP contribution in [0.15, 0.2) is 33.9 Å².